The number of nitrogens with zero attached hydrogens (tertiary/aromatic N) is 3. The van der Waals surface area contributed by atoms with E-state index in [-0.39, 0.29) is 23.5 Å². The molecule has 204 valence electrons. The Morgan fingerprint density at radius 1 is 0.925 bits per heavy atom. The molecule has 10 heteroatoms. The first-order valence-corrected chi connectivity index (χ1v) is 13.9. The first-order valence-electron chi connectivity index (χ1n) is 12.4. The third-order valence-electron chi connectivity index (χ3n) is 6.31. The van der Waals surface area contributed by atoms with Gasteiger partial charge in [-0.3, -0.25) is 9.78 Å². The predicted molar refractivity (Wildman–Crippen MR) is 148 cm³/mol. The van der Waals surface area contributed by atoms with E-state index in [0.29, 0.717) is 22.3 Å². The molecule has 1 aromatic heterocycles. The predicted octanol–water partition coefficient (Wildman–Crippen LogP) is 3.17. The second kappa shape index (κ2) is 13.1. The smallest absolute Gasteiger partial charge is 0.251 e. The lowest BCUT2D eigenvalue weighted by atomic mass is 10.0. The van der Waals surface area contributed by atoms with Crippen LogP contribution in [-0.4, -0.2) is 46.5 Å². The average molecular weight is 557 g/mol. The standard InChI is InChI=1S/C30H28N4O5S/c31-17-22-10-14-27(15-11-22)40(38,39)34(20-24-5-4-16-32-18-24)19-23-8-12-26(13-9-23)30(37)33-28(21-35)29(36)25-6-2-1-3-7-25/h1-16,18,28-29,35-36H,19-21H2,(H,33,37). The molecule has 0 radical (unpaired) electrons. The molecule has 40 heavy (non-hydrogen) atoms. The summed E-state index contributed by atoms with van der Waals surface area (Å²) < 4.78 is 28.4. The number of aliphatic hydroxyl groups excluding tert-OH is 2. The largest absolute Gasteiger partial charge is 0.394 e. The maximum atomic E-state index is 13.6. The van der Waals surface area contributed by atoms with Gasteiger partial charge in [-0.25, -0.2) is 8.42 Å². The summed E-state index contributed by atoms with van der Waals surface area (Å²) in [5.74, 6) is -0.488. The fourth-order valence-corrected chi connectivity index (χ4v) is 5.51. The van der Waals surface area contributed by atoms with E-state index in [1.807, 2.05) is 6.07 Å². The molecule has 0 aliphatic carbocycles. The molecule has 1 amide bonds. The number of sulfonamides is 1. The third-order valence-corrected chi connectivity index (χ3v) is 8.12. The second-order valence-corrected chi connectivity index (χ2v) is 11.0. The Kier molecular flexibility index (Phi) is 9.37. The van der Waals surface area contributed by atoms with Crippen LogP contribution in [0.4, 0.5) is 0 Å². The van der Waals surface area contributed by atoms with E-state index in [4.69, 9.17) is 5.26 Å². The number of pyridine rings is 1. The summed E-state index contributed by atoms with van der Waals surface area (Å²) >= 11 is 0. The lowest BCUT2D eigenvalue weighted by Crippen LogP contribution is -2.42. The van der Waals surface area contributed by atoms with Crippen LogP contribution in [-0.2, 0) is 23.1 Å². The SMILES string of the molecule is N#Cc1ccc(S(=O)(=O)N(Cc2ccc(C(=O)NC(CO)C(O)c3ccccc3)cc2)Cc2cccnc2)cc1. The van der Waals surface area contributed by atoms with E-state index in [1.165, 1.54) is 28.6 Å². The van der Waals surface area contributed by atoms with Gasteiger partial charge in [0.05, 0.1) is 29.2 Å². The van der Waals surface area contributed by atoms with Crippen molar-refractivity contribution in [3.63, 3.8) is 0 Å². The molecule has 3 N–H and O–H groups in total. The van der Waals surface area contributed by atoms with Gasteiger partial charge in [-0.2, -0.15) is 9.57 Å². The van der Waals surface area contributed by atoms with Crippen LogP contribution in [0.1, 0.15) is 38.7 Å². The highest BCUT2D eigenvalue weighted by atomic mass is 32.2. The Morgan fingerprint density at radius 3 is 2.20 bits per heavy atom. The van der Waals surface area contributed by atoms with Crippen LogP contribution in [0.25, 0.3) is 0 Å². The minimum Gasteiger partial charge on any atom is -0.394 e. The zero-order valence-electron chi connectivity index (χ0n) is 21.5. The molecule has 0 spiro atoms. The number of aliphatic hydroxyl groups is 2. The minimum absolute atomic E-state index is 0.0190. The van der Waals surface area contributed by atoms with Gasteiger partial charge in [0, 0.05) is 31.0 Å². The highest BCUT2D eigenvalue weighted by Crippen LogP contribution is 2.22. The fraction of sp³-hybridized carbons (Fsp3) is 0.167. The van der Waals surface area contributed by atoms with Crippen LogP contribution in [0.15, 0.2) is 108 Å². The van der Waals surface area contributed by atoms with Crippen LogP contribution in [0, 0.1) is 11.3 Å². The van der Waals surface area contributed by atoms with Crippen molar-refractivity contribution < 1.29 is 23.4 Å². The number of aromatic nitrogens is 1. The molecule has 9 nitrogen and oxygen atoms in total. The Balaban J connectivity index is 1.52. The zero-order valence-corrected chi connectivity index (χ0v) is 22.3. The van der Waals surface area contributed by atoms with Crippen molar-refractivity contribution in [1.29, 1.82) is 5.26 Å². The number of hydrogen-bond acceptors (Lipinski definition) is 7. The molecule has 0 saturated carbocycles. The molecule has 4 rings (SSSR count). The summed E-state index contributed by atoms with van der Waals surface area (Å²) in [5.41, 5.74) is 2.54. The van der Waals surface area contributed by atoms with Gasteiger partial charge in [-0.15, -0.1) is 0 Å². The molecule has 0 aliphatic rings. The quantitative estimate of drug-likeness (QED) is 0.257. The zero-order chi connectivity index (χ0) is 28.5. The van der Waals surface area contributed by atoms with Crippen molar-refractivity contribution in [2.75, 3.05) is 6.61 Å². The summed E-state index contributed by atoms with van der Waals surface area (Å²) in [4.78, 5) is 17.0. The lowest BCUT2D eigenvalue weighted by Gasteiger charge is -2.23. The third kappa shape index (κ3) is 6.97. The van der Waals surface area contributed by atoms with Gasteiger partial charge in [0.2, 0.25) is 10.0 Å². The highest BCUT2D eigenvalue weighted by molar-refractivity contribution is 7.89. The highest BCUT2D eigenvalue weighted by Gasteiger charge is 2.26. The number of nitriles is 1. The molecule has 2 unspecified atom stereocenters. The Morgan fingerprint density at radius 2 is 1.60 bits per heavy atom. The maximum absolute atomic E-state index is 13.6. The molecule has 2 atom stereocenters. The van der Waals surface area contributed by atoms with E-state index < -0.39 is 34.7 Å². The normalized spacial score (nSPS) is 12.8. The average Bonchev–Trinajstić information content (AvgIpc) is 3.00. The number of benzene rings is 3. The molecular formula is C30H28N4O5S. The van der Waals surface area contributed by atoms with E-state index in [2.05, 4.69) is 10.3 Å². The topological polar surface area (TPSA) is 144 Å². The second-order valence-electron chi connectivity index (χ2n) is 9.09. The molecule has 0 aliphatic heterocycles. The van der Waals surface area contributed by atoms with Crippen LogP contribution < -0.4 is 5.32 Å². The first kappa shape index (κ1) is 28.6. The maximum Gasteiger partial charge on any atom is 0.251 e. The fourth-order valence-electron chi connectivity index (χ4n) is 4.10. The van der Waals surface area contributed by atoms with E-state index >= 15 is 0 Å². The summed E-state index contributed by atoms with van der Waals surface area (Å²) in [7, 11) is -3.94. The van der Waals surface area contributed by atoms with Crippen molar-refractivity contribution in [3.05, 3.63) is 131 Å². The Hall–Kier alpha value is -4.40. The summed E-state index contributed by atoms with van der Waals surface area (Å²) in [6, 6.07) is 25.4. The van der Waals surface area contributed by atoms with Crippen LogP contribution in [0.5, 0.6) is 0 Å². The molecule has 1 heterocycles. The van der Waals surface area contributed by atoms with Crippen molar-refractivity contribution in [1.82, 2.24) is 14.6 Å². The van der Waals surface area contributed by atoms with Gasteiger partial charge in [0.15, 0.2) is 0 Å². The first-order chi connectivity index (χ1) is 19.3. The van der Waals surface area contributed by atoms with E-state index in [1.54, 1.807) is 79.1 Å². The van der Waals surface area contributed by atoms with Gasteiger partial charge < -0.3 is 15.5 Å². The Labute approximate surface area is 233 Å². The molecule has 0 saturated heterocycles. The number of nitrogens with one attached hydrogen (secondary N) is 1. The molecule has 3 aromatic carbocycles. The van der Waals surface area contributed by atoms with Gasteiger partial charge in [-0.05, 0) is 59.2 Å². The van der Waals surface area contributed by atoms with Gasteiger partial charge in [0.1, 0.15) is 6.10 Å². The number of rotatable bonds is 11. The van der Waals surface area contributed by atoms with E-state index in [0.717, 1.165) is 0 Å². The number of carbonyl (C=O) groups is 1. The van der Waals surface area contributed by atoms with Gasteiger partial charge >= 0.3 is 0 Å². The summed E-state index contributed by atoms with van der Waals surface area (Å²) in [5, 5.41) is 32.1. The number of hydrogen-bond donors (Lipinski definition) is 3. The van der Waals surface area contributed by atoms with Crippen molar-refractivity contribution in [2.24, 2.45) is 0 Å². The van der Waals surface area contributed by atoms with Crippen molar-refractivity contribution >= 4 is 15.9 Å². The monoisotopic (exact) mass is 556 g/mol. The van der Waals surface area contributed by atoms with Crippen LogP contribution in [0.2, 0.25) is 0 Å². The minimum atomic E-state index is -3.94. The molecule has 0 bridgehead atoms. The van der Waals surface area contributed by atoms with E-state index in [9.17, 15) is 23.4 Å². The number of carbonyl (C=O) groups excluding carboxylic acids is 1. The Bertz CT molecular complexity index is 1560. The molecule has 4 aromatic rings. The lowest BCUT2D eigenvalue weighted by molar-refractivity contribution is 0.0703. The van der Waals surface area contributed by atoms with Gasteiger partial charge in [0.25, 0.3) is 5.91 Å². The number of amides is 1. The van der Waals surface area contributed by atoms with Crippen molar-refractivity contribution in [2.45, 2.75) is 30.1 Å². The van der Waals surface area contributed by atoms with Crippen LogP contribution >= 0.6 is 0 Å². The summed E-state index contributed by atoms with van der Waals surface area (Å²) in [6.07, 6.45) is 2.10. The molecular weight excluding hydrogens is 528 g/mol. The van der Waals surface area contributed by atoms with Gasteiger partial charge in [-0.1, -0.05) is 48.5 Å². The summed E-state index contributed by atoms with van der Waals surface area (Å²) in [6.45, 7) is -0.379. The van der Waals surface area contributed by atoms with Crippen LogP contribution in [0.3, 0.4) is 0 Å². The molecule has 0 fully saturated rings. The van der Waals surface area contributed by atoms with Crippen molar-refractivity contribution in [3.8, 4) is 6.07 Å².